The van der Waals surface area contributed by atoms with E-state index in [-0.39, 0.29) is 23.9 Å². The first kappa shape index (κ1) is 19.5. The van der Waals surface area contributed by atoms with Gasteiger partial charge < -0.3 is 9.84 Å². The second kappa shape index (κ2) is 11.0. The summed E-state index contributed by atoms with van der Waals surface area (Å²) in [6.45, 7) is 6.23. The summed E-state index contributed by atoms with van der Waals surface area (Å²) < 4.78 is 5.28. The average molecular weight is 312 g/mol. The van der Waals surface area contributed by atoms with Crippen LogP contribution in [0.1, 0.15) is 91.4 Å². The minimum atomic E-state index is -0.528. The Morgan fingerprint density at radius 2 is 1.59 bits per heavy atom. The van der Waals surface area contributed by atoms with Gasteiger partial charge >= 0.3 is 5.97 Å². The molecule has 0 amide bonds. The zero-order chi connectivity index (χ0) is 16.4. The predicted octanol–water partition coefficient (Wildman–Crippen LogP) is 4.86. The molecule has 0 spiro atoms. The molecule has 1 aliphatic rings. The molecule has 0 aliphatic carbocycles. The molecule has 1 fully saturated rings. The van der Waals surface area contributed by atoms with Crippen LogP contribution in [0.4, 0.5) is 0 Å². The smallest absolute Gasteiger partial charge is 0.312 e. The zero-order valence-corrected chi connectivity index (χ0v) is 14.9. The van der Waals surface area contributed by atoms with Gasteiger partial charge in [0.05, 0.1) is 18.1 Å². The maximum atomic E-state index is 11.9. The number of aliphatic hydroxyl groups excluding tert-OH is 1. The Balaban J connectivity index is 2.08. The predicted molar refractivity (Wildman–Crippen MR) is 90.7 cm³/mol. The van der Waals surface area contributed by atoms with Crippen molar-refractivity contribution in [3.63, 3.8) is 0 Å². The van der Waals surface area contributed by atoms with Crippen molar-refractivity contribution in [3.8, 4) is 0 Å². The van der Waals surface area contributed by atoms with Gasteiger partial charge in [-0.05, 0) is 25.7 Å². The molecule has 0 saturated carbocycles. The number of aliphatic hydroxyl groups is 1. The maximum Gasteiger partial charge on any atom is 0.312 e. The number of hydrogen-bond donors (Lipinski definition) is 1. The molecular formula is C19H36O3. The summed E-state index contributed by atoms with van der Waals surface area (Å²) in [6.07, 6.45) is 12.5. The van der Waals surface area contributed by atoms with Crippen molar-refractivity contribution in [3.05, 3.63) is 0 Å². The van der Waals surface area contributed by atoms with Crippen LogP contribution in [0.3, 0.4) is 0 Å². The minimum Gasteiger partial charge on any atom is -0.462 e. The first-order chi connectivity index (χ1) is 10.6. The highest BCUT2D eigenvalue weighted by Crippen LogP contribution is 2.30. The Labute approximate surface area is 136 Å². The van der Waals surface area contributed by atoms with Gasteiger partial charge in [-0.1, -0.05) is 71.6 Å². The number of carbonyl (C=O) groups excluding carboxylic acids is 1. The fraction of sp³-hybridized carbons (Fsp3) is 0.947. The third-order valence-corrected chi connectivity index (χ3v) is 4.92. The topological polar surface area (TPSA) is 46.5 Å². The van der Waals surface area contributed by atoms with Crippen LogP contribution in [0.15, 0.2) is 0 Å². The van der Waals surface area contributed by atoms with Crippen molar-refractivity contribution in [2.45, 2.75) is 104 Å². The van der Waals surface area contributed by atoms with E-state index < -0.39 is 6.10 Å². The second-order valence-electron chi connectivity index (χ2n) is 7.17. The van der Waals surface area contributed by atoms with E-state index in [1.807, 2.05) is 6.92 Å². The Morgan fingerprint density at radius 1 is 1.05 bits per heavy atom. The van der Waals surface area contributed by atoms with E-state index in [1.54, 1.807) is 0 Å². The lowest BCUT2D eigenvalue weighted by Gasteiger charge is -2.34. The molecule has 3 nitrogen and oxygen atoms in total. The van der Waals surface area contributed by atoms with Gasteiger partial charge in [0.2, 0.25) is 0 Å². The van der Waals surface area contributed by atoms with Gasteiger partial charge in [0.25, 0.3) is 0 Å². The molecular weight excluding hydrogens is 276 g/mol. The molecule has 0 radical (unpaired) electrons. The summed E-state index contributed by atoms with van der Waals surface area (Å²) in [6, 6.07) is 0. The van der Waals surface area contributed by atoms with Gasteiger partial charge in [0.1, 0.15) is 0 Å². The van der Waals surface area contributed by atoms with Crippen LogP contribution in [0.5, 0.6) is 0 Å². The van der Waals surface area contributed by atoms with Crippen LogP contribution in [0.25, 0.3) is 0 Å². The van der Waals surface area contributed by atoms with Crippen LogP contribution in [-0.4, -0.2) is 23.3 Å². The quantitative estimate of drug-likeness (QED) is 0.438. The van der Waals surface area contributed by atoms with Crippen molar-refractivity contribution in [1.29, 1.82) is 0 Å². The monoisotopic (exact) mass is 312 g/mol. The Kier molecular flexibility index (Phi) is 9.77. The normalized spacial score (nSPS) is 26.7. The molecule has 0 aromatic rings. The number of rotatable bonds is 11. The third-order valence-electron chi connectivity index (χ3n) is 4.92. The van der Waals surface area contributed by atoms with E-state index in [0.717, 1.165) is 25.7 Å². The van der Waals surface area contributed by atoms with E-state index >= 15 is 0 Å². The highest BCUT2D eigenvalue weighted by Gasteiger charge is 2.38. The minimum absolute atomic E-state index is 0.00124. The Morgan fingerprint density at radius 3 is 2.14 bits per heavy atom. The number of unbranched alkanes of at least 4 members (excludes halogenated alkanes) is 8. The average Bonchev–Trinajstić information content (AvgIpc) is 2.44. The Hall–Kier alpha value is -0.570. The van der Waals surface area contributed by atoms with Gasteiger partial charge in [0.15, 0.2) is 0 Å². The van der Waals surface area contributed by atoms with Crippen molar-refractivity contribution >= 4 is 5.97 Å². The molecule has 130 valence electrons. The number of carbonyl (C=O) groups is 1. The van der Waals surface area contributed by atoms with Gasteiger partial charge in [-0.2, -0.15) is 0 Å². The summed E-state index contributed by atoms with van der Waals surface area (Å²) in [4.78, 5) is 11.9. The first-order valence-electron chi connectivity index (χ1n) is 9.44. The van der Waals surface area contributed by atoms with Gasteiger partial charge in [-0.25, -0.2) is 0 Å². The molecule has 0 aromatic heterocycles. The lowest BCUT2D eigenvalue weighted by atomic mass is 9.81. The summed E-state index contributed by atoms with van der Waals surface area (Å²) >= 11 is 0. The SMILES string of the molecule is CCCCCCCCCCCC(O)[C@H]1C(=O)O[C@@H](C)C[C@@H]1C. The molecule has 1 unspecified atom stereocenters. The van der Waals surface area contributed by atoms with E-state index in [0.29, 0.717) is 0 Å². The highest BCUT2D eigenvalue weighted by atomic mass is 16.5. The van der Waals surface area contributed by atoms with Crippen molar-refractivity contribution in [2.24, 2.45) is 11.8 Å². The molecule has 1 saturated heterocycles. The summed E-state index contributed by atoms with van der Waals surface area (Å²) in [7, 11) is 0. The molecule has 3 heteroatoms. The molecule has 0 bridgehead atoms. The maximum absolute atomic E-state index is 11.9. The molecule has 1 N–H and O–H groups in total. The van der Waals surface area contributed by atoms with E-state index in [9.17, 15) is 9.90 Å². The van der Waals surface area contributed by atoms with Gasteiger partial charge in [0, 0.05) is 0 Å². The number of esters is 1. The van der Waals surface area contributed by atoms with Crippen LogP contribution in [0.2, 0.25) is 0 Å². The van der Waals surface area contributed by atoms with E-state index in [4.69, 9.17) is 4.74 Å². The van der Waals surface area contributed by atoms with Crippen LogP contribution >= 0.6 is 0 Å². The summed E-state index contributed by atoms with van der Waals surface area (Å²) in [5.41, 5.74) is 0. The lowest BCUT2D eigenvalue weighted by Crippen LogP contribution is -2.42. The molecule has 1 rings (SSSR count). The number of ether oxygens (including phenoxy) is 1. The summed E-state index contributed by atoms with van der Waals surface area (Å²) in [5, 5.41) is 10.3. The molecule has 1 aliphatic heterocycles. The van der Waals surface area contributed by atoms with Gasteiger partial charge in [-0.15, -0.1) is 0 Å². The van der Waals surface area contributed by atoms with Gasteiger partial charge in [-0.3, -0.25) is 4.79 Å². The highest BCUT2D eigenvalue weighted by molar-refractivity contribution is 5.74. The largest absolute Gasteiger partial charge is 0.462 e. The molecule has 0 aromatic carbocycles. The van der Waals surface area contributed by atoms with E-state index in [2.05, 4.69) is 13.8 Å². The van der Waals surface area contributed by atoms with Crippen molar-refractivity contribution in [1.82, 2.24) is 0 Å². The second-order valence-corrected chi connectivity index (χ2v) is 7.17. The zero-order valence-electron chi connectivity index (χ0n) is 14.9. The van der Waals surface area contributed by atoms with Crippen molar-refractivity contribution < 1.29 is 14.6 Å². The van der Waals surface area contributed by atoms with Crippen LogP contribution in [0, 0.1) is 11.8 Å². The molecule has 1 heterocycles. The standard InChI is InChI=1S/C19H36O3/c1-4-5-6-7-8-9-10-11-12-13-17(20)18-15(2)14-16(3)22-19(18)21/h15-18,20H,4-14H2,1-3H3/t15-,16-,17?,18-/m0/s1. The Bertz CT molecular complexity index is 303. The fourth-order valence-electron chi connectivity index (χ4n) is 3.61. The third kappa shape index (κ3) is 7.13. The lowest BCUT2D eigenvalue weighted by molar-refractivity contribution is -0.169. The fourth-order valence-corrected chi connectivity index (χ4v) is 3.61. The summed E-state index contributed by atoms with van der Waals surface area (Å²) in [5.74, 6) is -0.287. The molecule has 22 heavy (non-hydrogen) atoms. The number of cyclic esters (lactones) is 1. The van der Waals surface area contributed by atoms with Crippen LogP contribution < -0.4 is 0 Å². The van der Waals surface area contributed by atoms with E-state index in [1.165, 1.54) is 44.9 Å². The number of hydrogen-bond acceptors (Lipinski definition) is 3. The van der Waals surface area contributed by atoms with Crippen molar-refractivity contribution in [2.75, 3.05) is 0 Å². The van der Waals surface area contributed by atoms with Crippen LogP contribution in [-0.2, 0) is 9.53 Å². The molecule has 4 atom stereocenters. The first-order valence-corrected chi connectivity index (χ1v) is 9.44.